The third-order valence-corrected chi connectivity index (χ3v) is 6.11. The predicted molar refractivity (Wildman–Crippen MR) is 118 cm³/mol. The predicted octanol–water partition coefficient (Wildman–Crippen LogP) is 6.19. The first-order chi connectivity index (χ1) is 13.1. The maximum Gasteiger partial charge on any atom is 0.148 e. The van der Waals surface area contributed by atoms with Crippen molar-refractivity contribution in [2.24, 2.45) is 0 Å². The molecule has 0 amide bonds. The topological polar surface area (TPSA) is 0 Å². The SMILES string of the molecule is C[B]c1ccc2cc(-c3ccc4c(c3)C(C)(C)c3ccccc3-4)ccc2c1. The van der Waals surface area contributed by atoms with Gasteiger partial charge in [0.15, 0.2) is 0 Å². The van der Waals surface area contributed by atoms with Gasteiger partial charge in [0.2, 0.25) is 0 Å². The number of fused-ring (bicyclic) bond motifs is 4. The van der Waals surface area contributed by atoms with E-state index in [-0.39, 0.29) is 5.41 Å². The van der Waals surface area contributed by atoms with Crippen molar-refractivity contribution in [3.63, 3.8) is 0 Å². The Balaban J connectivity index is 1.64. The molecular formula is C26H22B. The second kappa shape index (κ2) is 5.86. The number of benzene rings is 4. The Kier molecular flexibility index (Phi) is 3.55. The minimum Gasteiger partial charge on any atom is -0.0875 e. The van der Waals surface area contributed by atoms with Crippen LogP contribution in [0, 0.1) is 0 Å². The molecule has 1 radical (unpaired) electrons. The molecule has 27 heavy (non-hydrogen) atoms. The summed E-state index contributed by atoms with van der Waals surface area (Å²) < 4.78 is 0. The summed E-state index contributed by atoms with van der Waals surface area (Å²) in [5, 5.41) is 2.59. The zero-order valence-corrected chi connectivity index (χ0v) is 16.1. The molecule has 0 fully saturated rings. The maximum absolute atomic E-state index is 2.39. The Hall–Kier alpha value is -2.80. The van der Waals surface area contributed by atoms with Crippen molar-refractivity contribution >= 4 is 23.5 Å². The minimum atomic E-state index is 0.0463. The van der Waals surface area contributed by atoms with Crippen molar-refractivity contribution in [2.75, 3.05) is 0 Å². The van der Waals surface area contributed by atoms with E-state index in [0.29, 0.717) is 0 Å². The van der Waals surface area contributed by atoms with Gasteiger partial charge in [-0.25, -0.2) is 0 Å². The normalized spacial score (nSPS) is 14.0. The lowest BCUT2D eigenvalue weighted by molar-refractivity contribution is 0.660. The van der Waals surface area contributed by atoms with Gasteiger partial charge in [-0.15, -0.1) is 0 Å². The smallest absolute Gasteiger partial charge is 0.0875 e. The Labute approximate surface area is 162 Å². The van der Waals surface area contributed by atoms with Crippen LogP contribution in [0.2, 0.25) is 6.82 Å². The van der Waals surface area contributed by atoms with Crippen LogP contribution in [0.5, 0.6) is 0 Å². The highest BCUT2D eigenvalue weighted by atomic mass is 14.4. The van der Waals surface area contributed by atoms with E-state index in [2.05, 4.69) is 107 Å². The fourth-order valence-corrected chi connectivity index (χ4v) is 4.51. The molecule has 0 unspecified atom stereocenters. The van der Waals surface area contributed by atoms with E-state index in [0.717, 1.165) is 0 Å². The second-order valence-electron chi connectivity index (χ2n) is 8.04. The zero-order chi connectivity index (χ0) is 18.6. The van der Waals surface area contributed by atoms with Crippen molar-refractivity contribution in [1.82, 2.24) is 0 Å². The zero-order valence-electron chi connectivity index (χ0n) is 16.1. The van der Waals surface area contributed by atoms with Gasteiger partial charge in [-0.1, -0.05) is 92.9 Å². The average Bonchev–Trinajstić information content (AvgIpc) is 2.94. The van der Waals surface area contributed by atoms with Crippen molar-refractivity contribution in [3.05, 3.63) is 90.0 Å². The summed E-state index contributed by atoms with van der Waals surface area (Å²) in [6, 6.07) is 29.2. The van der Waals surface area contributed by atoms with Gasteiger partial charge in [-0.3, -0.25) is 0 Å². The Bertz CT molecular complexity index is 1180. The van der Waals surface area contributed by atoms with Gasteiger partial charge in [0.25, 0.3) is 0 Å². The highest BCUT2D eigenvalue weighted by Crippen LogP contribution is 2.49. The number of hydrogen-bond acceptors (Lipinski definition) is 0. The molecule has 0 saturated heterocycles. The van der Waals surface area contributed by atoms with E-state index < -0.39 is 0 Å². The molecule has 1 aliphatic rings. The van der Waals surface area contributed by atoms with E-state index in [1.54, 1.807) is 0 Å². The Morgan fingerprint density at radius 3 is 2.15 bits per heavy atom. The average molecular weight is 345 g/mol. The largest absolute Gasteiger partial charge is 0.148 e. The van der Waals surface area contributed by atoms with Gasteiger partial charge in [0.05, 0.1) is 0 Å². The van der Waals surface area contributed by atoms with Gasteiger partial charge in [-0.05, 0) is 56.3 Å². The van der Waals surface area contributed by atoms with Gasteiger partial charge >= 0.3 is 0 Å². The van der Waals surface area contributed by atoms with Crippen LogP contribution in [0.4, 0.5) is 0 Å². The van der Waals surface area contributed by atoms with Crippen LogP contribution in [0.3, 0.4) is 0 Å². The van der Waals surface area contributed by atoms with E-state index in [1.165, 1.54) is 49.6 Å². The fourth-order valence-electron chi connectivity index (χ4n) is 4.51. The van der Waals surface area contributed by atoms with Gasteiger partial charge in [0, 0.05) is 5.41 Å². The van der Waals surface area contributed by atoms with E-state index in [9.17, 15) is 0 Å². The van der Waals surface area contributed by atoms with Gasteiger partial charge < -0.3 is 0 Å². The highest BCUT2D eigenvalue weighted by molar-refractivity contribution is 6.52. The molecule has 1 aliphatic carbocycles. The lowest BCUT2D eigenvalue weighted by Gasteiger charge is -2.22. The minimum absolute atomic E-state index is 0.0463. The molecule has 0 heterocycles. The molecule has 0 aromatic heterocycles. The van der Waals surface area contributed by atoms with E-state index in [1.807, 2.05) is 0 Å². The molecule has 0 spiro atoms. The summed E-state index contributed by atoms with van der Waals surface area (Å²) in [5.41, 5.74) is 9.51. The molecule has 5 rings (SSSR count). The standard InChI is InChI=1S/C26H22B/c1-26(2)24-7-5-4-6-22(24)23-13-11-20(16-25(23)26)17-8-9-19-15-21(27-3)12-10-18(19)14-17/h4-16H,1-3H3. The summed E-state index contributed by atoms with van der Waals surface area (Å²) in [6.45, 7) is 6.76. The molecular weight excluding hydrogens is 323 g/mol. The van der Waals surface area contributed by atoms with Crippen molar-refractivity contribution in [2.45, 2.75) is 26.1 Å². The Morgan fingerprint density at radius 1 is 0.630 bits per heavy atom. The molecule has 0 N–H and O–H groups in total. The van der Waals surface area contributed by atoms with Crippen LogP contribution in [-0.2, 0) is 5.41 Å². The molecule has 0 saturated carbocycles. The summed E-state index contributed by atoms with van der Waals surface area (Å²) in [7, 11) is 2.15. The fraction of sp³-hybridized carbons (Fsp3) is 0.154. The lowest BCUT2D eigenvalue weighted by atomic mass is 9.73. The van der Waals surface area contributed by atoms with Gasteiger partial charge in [-0.2, -0.15) is 0 Å². The van der Waals surface area contributed by atoms with Crippen LogP contribution in [-0.4, -0.2) is 7.28 Å². The first-order valence-corrected chi connectivity index (χ1v) is 9.66. The lowest BCUT2D eigenvalue weighted by Crippen LogP contribution is -2.14. The summed E-state index contributed by atoms with van der Waals surface area (Å²) >= 11 is 0. The van der Waals surface area contributed by atoms with Crippen molar-refractivity contribution < 1.29 is 0 Å². The highest BCUT2D eigenvalue weighted by Gasteiger charge is 2.35. The molecule has 0 nitrogen and oxygen atoms in total. The van der Waals surface area contributed by atoms with Crippen molar-refractivity contribution in [1.29, 1.82) is 0 Å². The second-order valence-corrected chi connectivity index (χ2v) is 8.04. The summed E-state index contributed by atoms with van der Waals surface area (Å²) in [5.74, 6) is 0. The van der Waals surface area contributed by atoms with E-state index >= 15 is 0 Å². The number of rotatable bonds is 2. The number of hydrogen-bond donors (Lipinski definition) is 0. The summed E-state index contributed by atoms with van der Waals surface area (Å²) in [6.07, 6.45) is 0. The molecule has 4 aromatic carbocycles. The monoisotopic (exact) mass is 345 g/mol. The van der Waals surface area contributed by atoms with Crippen LogP contribution in [0.25, 0.3) is 33.0 Å². The Morgan fingerprint density at radius 2 is 1.30 bits per heavy atom. The van der Waals surface area contributed by atoms with Crippen LogP contribution in [0.15, 0.2) is 78.9 Å². The third kappa shape index (κ3) is 2.45. The van der Waals surface area contributed by atoms with E-state index in [4.69, 9.17) is 0 Å². The van der Waals surface area contributed by atoms with Crippen LogP contribution in [0.1, 0.15) is 25.0 Å². The van der Waals surface area contributed by atoms with Crippen LogP contribution < -0.4 is 5.46 Å². The van der Waals surface area contributed by atoms with Gasteiger partial charge in [0.1, 0.15) is 7.28 Å². The maximum atomic E-state index is 2.39. The molecule has 0 aliphatic heterocycles. The molecule has 0 bridgehead atoms. The third-order valence-electron chi connectivity index (χ3n) is 6.11. The first-order valence-electron chi connectivity index (χ1n) is 9.66. The first kappa shape index (κ1) is 16.4. The molecule has 4 aromatic rings. The molecule has 129 valence electrons. The van der Waals surface area contributed by atoms with Crippen molar-refractivity contribution in [3.8, 4) is 22.3 Å². The molecule has 0 atom stereocenters. The van der Waals surface area contributed by atoms with Crippen LogP contribution >= 0.6 is 0 Å². The quantitative estimate of drug-likeness (QED) is 0.380. The molecule has 1 heteroatoms. The summed E-state index contributed by atoms with van der Waals surface area (Å²) in [4.78, 5) is 0.